The molecule has 0 saturated heterocycles. The SMILES string of the molecule is CC(CCCC(=O)NCCCCCN)C(C)(C)C(O)(NC(=O)C(Cc1ncc[nH]1)NC(=O)c1cc2ccccc2[nH]1)C1CCCCC1. The summed E-state index contributed by atoms with van der Waals surface area (Å²) in [5.74, 6) is -0.467. The molecule has 1 aromatic carbocycles. The lowest BCUT2D eigenvalue weighted by Crippen LogP contribution is -2.67. The zero-order valence-electron chi connectivity index (χ0n) is 28.4. The van der Waals surface area contributed by atoms with E-state index in [0.717, 1.165) is 62.3 Å². The molecule has 2 heterocycles. The van der Waals surface area contributed by atoms with Crippen LogP contribution >= 0.6 is 0 Å². The van der Waals surface area contributed by atoms with Gasteiger partial charge in [-0.25, -0.2) is 4.98 Å². The minimum absolute atomic E-state index is 0.0171. The smallest absolute Gasteiger partial charge is 0.268 e. The molecular weight excluding hydrogens is 594 g/mol. The Morgan fingerprint density at radius 1 is 1.09 bits per heavy atom. The number of carbonyl (C=O) groups excluding carboxylic acids is 3. The van der Waals surface area contributed by atoms with E-state index in [2.05, 4.69) is 37.8 Å². The highest BCUT2D eigenvalue weighted by Crippen LogP contribution is 2.47. The minimum Gasteiger partial charge on any atom is -0.370 e. The molecule has 258 valence electrons. The van der Waals surface area contributed by atoms with Crippen LogP contribution in [0.4, 0.5) is 0 Å². The van der Waals surface area contributed by atoms with Crippen molar-refractivity contribution in [2.45, 2.75) is 110 Å². The van der Waals surface area contributed by atoms with Gasteiger partial charge < -0.3 is 36.8 Å². The number of rotatable bonds is 18. The lowest BCUT2D eigenvalue weighted by atomic mass is 9.62. The number of imidazole rings is 1. The molecule has 1 aliphatic carbocycles. The maximum absolute atomic E-state index is 14.2. The van der Waals surface area contributed by atoms with Gasteiger partial charge in [0, 0.05) is 54.0 Å². The number of nitrogens with two attached hydrogens (primary N) is 1. The predicted molar refractivity (Wildman–Crippen MR) is 184 cm³/mol. The van der Waals surface area contributed by atoms with Crippen LogP contribution in [0, 0.1) is 17.3 Å². The quantitative estimate of drug-likeness (QED) is 0.0776. The molecule has 4 rings (SSSR count). The third-order valence-electron chi connectivity index (χ3n) is 10.3. The summed E-state index contributed by atoms with van der Waals surface area (Å²) >= 11 is 0. The van der Waals surface area contributed by atoms with Crippen molar-refractivity contribution in [1.82, 2.24) is 30.9 Å². The Morgan fingerprint density at radius 3 is 2.55 bits per heavy atom. The number of benzene rings is 1. The minimum atomic E-state index is -1.54. The molecule has 47 heavy (non-hydrogen) atoms. The molecule has 1 aliphatic rings. The number of aliphatic hydroxyl groups is 1. The molecule has 1 fully saturated rings. The number of aromatic nitrogens is 3. The van der Waals surface area contributed by atoms with Crippen molar-refractivity contribution in [1.29, 1.82) is 0 Å². The van der Waals surface area contributed by atoms with Crippen LogP contribution in [0.3, 0.4) is 0 Å². The van der Waals surface area contributed by atoms with E-state index in [-0.39, 0.29) is 24.2 Å². The van der Waals surface area contributed by atoms with Crippen LogP contribution in [0.15, 0.2) is 42.7 Å². The van der Waals surface area contributed by atoms with E-state index in [4.69, 9.17) is 5.73 Å². The molecule has 1 saturated carbocycles. The molecule has 3 amide bonds. The summed E-state index contributed by atoms with van der Waals surface area (Å²) in [7, 11) is 0. The number of nitrogens with zero attached hydrogens (tertiary/aromatic N) is 1. The lowest BCUT2D eigenvalue weighted by Gasteiger charge is -2.52. The van der Waals surface area contributed by atoms with E-state index >= 15 is 0 Å². The van der Waals surface area contributed by atoms with E-state index < -0.39 is 29.0 Å². The van der Waals surface area contributed by atoms with Crippen molar-refractivity contribution in [3.05, 3.63) is 54.2 Å². The molecule has 2 aromatic heterocycles. The Morgan fingerprint density at radius 2 is 1.85 bits per heavy atom. The zero-order chi connectivity index (χ0) is 33.9. The number of H-pyrrole nitrogens is 2. The van der Waals surface area contributed by atoms with Crippen LogP contribution < -0.4 is 21.7 Å². The second kappa shape index (κ2) is 16.9. The molecule has 0 radical (unpaired) electrons. The Bertz CT molecular complexity index is 1400. The van der Waals surface area contributed by atoms with Crippen LogP contribution in [-0.4, -0.2) is 62.6 Å². The first-order valence-electron chi connectivity index (χ1n) is 17.4. The van der Waals surface area contributed by atoms with Crippen molar-refractivity contribution in [3.63, 3.8) is 0 Å². The summed E-state index contributed by atoms with van der Waals surface area (Å²) in [6, 6.07) is 8.38. The second-order valence-corrected chi connectivity index (χ2v) is 13.8. The maximum atomic E-state index is 14.2. The van der Waals surface area contributed by atoms with Crippen molar-refractivity contribution in [3.8, 4) is 0 Å². The van der Waals surface area contributed by atoms with Crippen LogP contribution in [0.5, 0.6) is 0 Å². The molecule has 8 N–H and O–H groups in total. The van der Waals surface area contributed by atoms with Gasteiger partial charge in [0.15, 0.2) is 0 Å². The van der Waals surface area contributed by atoms with E-state index in [9.17, 15) is 19.5 Å². The highest BCUT2D eigenvalue weighted by molar-refractivity contribution is 6.00. The van der Waals surface area contributed by atoms with E-state index in [1.165, 1.54) is 0 Å². The first-order chi connectivity index (χ1) is 22.5. The monoisotopic (exact) mass is 649 g/mol. The molecule has 0 spiro atoms. The fourth-order valence-corrected chi connectivity index (χ4v) is 6.90. The molecule has 3 aromatic rings. The van der Waals surface area contributed by atoms with Crippen LogP contribution in [-0.2, 0) is 16.0 Å². The molecule has 3 atom stereocenters. The number of unbranched alkanes of at least 4 members (excludes halogenated alkanes) is 2. The van der Waals surface area contributed by atoms with Gasteiger partial charge in [0.2, 0.25) is 11.8 Å². The van der Waals surface area contributed by atoms with E-state index in [1.54, 1.807) is 18.5 Å². The average Bonchev–Trinajstić information content (AvgIpc) is 3.75. The first-order valence-corrected chi connectivity index (χ1v) is 17.4. The van der Waals surface area contributed by atoms with Gasteiger partial charge in [-0.05, 0) is 63.1 Å². The number of hydrogen-bond acceptors (Lipinski definition) is 6. The maximum Gasteiger partial charge on any atom is 0.268 e. The van der Waals surface area contributed by atoms with Gasteiger partial charge in [-0.2, -0.15) is 0 Å². The Balaban J connectivity index is 1.48. The number of para-hydroxylation sites is 1. The van der Waals surface area contributed by atoms with Crippen LogP contribution in [0.2, 0.25) is 0 Å². The highest BCUT2D eigenvalue weighted by atomic mass is 16.3. The fourth-order valence-electron chi connectivity index (χ4n) is 6.90. The lowest BCUT2D eigenvalue weighted by molar-refractivity contribution is -0.176. The number of amides is 3. The molecule has 0 bridgehead atoms. The second-order valence-electron chi connectivity index (χ2n) is 13.8. The van der Waals surface area contributed by atoms with E-state index in [1.807, 2.05) is 38.1 Å². The zero-order valence-corrected chi connectivity index (χ0v) is 28.4. The molecule has 11 heteroatoms. The van der Waals surface area contributed by atoms with Crippen LogP contribution in [0.25, 0.3) is 10.9 Å². The van der Waals surface area contributed by atoms with Gasteiger partial charge in [0.05, 0.1) is 0 Å². The normalized spacial score (nSPS) is 16.7. The Labute approximate surface area is 278 Å². The average molecular weight is 650 g/mol. The van der Waals surface area contributed by atoms with Gasteiger partial charge >= 0.3 is 0 Å². The van der Waals surface area contributed by atoms with Crippen LogP contribution in [0.1, 0.15) is 108 Å². The molecule has 3 unspecified atom stereocenters. The number of carbonyl (C=O) groups is 3. The third-order valence-corrected chi connectivity index (χ3v) is 10.3. The first kappa shape index (κ1) is 36.1. The molecule has 11 nitrogen and oxygen atoms in total. The Kier molecular flexibility index (Phi) is 13.0. The summed E-state index contributed by atoms with van der Waals surface area (Å²) in [6.07, 6.45) is 12.7. The van der Waals surface area contributed by atoms with Crippen molar-refractivity contribution < 1.29 is 19.5 Å². The van der Waals surface area contributed by atoms with Gasteiger partial charge in [0.25, 0.3) is 5.91 Å². The molecule has 0 aliphatic heterocycles. The summed E-state index contributed by atoms with van der Waals surface area (Å²) in [4.78, 5) is 50.6. The summed E-state index contributed by atoms with van der Waals surface area (Å²) in [6.45, 7) is 7.43. The third kappa shape index (κ3) is 9.44. The van der Waals surface area contributed by atoms with Crippen molar-refractivity contribution in [2.75, 3.05) is 13.1 Å². The predicted octanol–water partition coefficient (Wildman–Crippen LogP) is 4.70. The summed E-state index contributed by atoms with van der Waals surface area (Å²) in [5.41, 5.74) is 4.45. The van der Waals surface area contributed by atoms with E-state index in [0.29, 0.717) is 43.9 Å². The highest BCUT2D eigenvalue weighted by Gasteiger charge is 2.53. The number of fused-ring (bicyclic) bond motifs is 1. The standard InChI is InChI=1S/C36H55N7O4/c1-25(13-12-18-32(44)40-20-11-5-10-19-37)35(2,3)36(47,27-15-6-4-7-16-27)43-34(46)30(24-31-38-21-22-39-31)42-33(45)29-23-26-14-8-9-17-28(26)41-29/h8-9,14,17,21-23,25,27,30,41,47H,4-7,10-13,15-16,18-20,24,37H2,1-3H3,(H,38,39)(H,40,44)(H,42,45)(H,43,46). The van der Waals surface area contributed by atoms with Crippen molar-refractivity contribution >= 4 is 28.6 Å². The molecular formula is C36H55N7O4. The van der Waals surface area contributed by atoms with Gasteiger partial charge in [-0.15, -0.1) is 0 Å². The summed E-state index contributed by atoms with van der Waals surface area (Å²) in [5, 5.41) is 22.5. The number of hydrogen-bond donors (Lipinski definition) is 7. The summed E-state index contributed by atoms with van der Waals surface area (Å²) < 4.78 is 0. The van der Waals surface area contributed by atoms with Gasteiger partial charge in [-0.1, -0.05) is 64.7 Å². The van der Waals surface area contributed by atoms with Crippen molar-refractivity contribution in [2.24, 2.45) is 23.0 Å². The van der Waals surface area contributed by atoms with Gasteiger partial charge in [-0.3, -0.25) is 14.4 Å². The number of aromatic amines is 2. The topological polar surface area (TPSA) is 178 Å². The Hall–Kier alpha value is -3.70. The fraction of sp³-hybridized carbons (Fsp3) is 0.611. The number of nitrogens with one attached hydrogen (secondary N) is 5. The largest absolute Gasteiger partial charge is 0.370 e. The van der Waals surface area contributed by atoms with Gasteiger partial charge in [0.1, 0.15) is 23.3 Å².